The fraction of sp³-hybridized carbons (Fsp3) is 0.333. The average molecular weight is 100 g/mol. The van der Waals surface area contributed by atoms with Gasteiger partial charge >= 0.3 is 0 Å². The first-order valence-corrected chi connectivity index (χ1v) is 1.89. The van der Waals surface area contributed by atoms with Gasteiger partial charge in [0.1, 0.15) is 7.11 Å². The van der Waals surface area contributed by atoms with Crippen LogP contribution in [-0.4, -0.2) is 17.4 Å². The molecule has 0 aromatic carbocycles. The molecule has 1 aromatic rings. The SMILES string of the molecule is CO[n+]1ccn[nH]1. The summed E-state index contributed by atoms with van der Waals surface area (Å²) in [6, 6.07) is 0. The predicted molar refractivity (Wildman–Crippen MR) is 21.3 cm³/mol. The van der Waals surface area contributed by atoms with Crippen LogP contribution in [0.5, 0.6) is 0 Å². The number of hydrogen-bond acceptors (Lipinski definition) is 2. The van der Waals surface area contributed by atoms with Gasteiger partial charge in [-0.3, -0.25) is 0 Å². The van der Waals surface area contributed by atoms with E-state index in [1.54, 1.807) is 19.5 Å². The Kier molecular flexibility index (Phi) is 0.934. The zero-order valence-electron chi connectivity index (χ0n) is 3.96. The lowest BCUT2D eigenvalue weighted by Gasteiger charge is -1.81. The summed E-state index contributed by atoms with van der Waals surface area (Å²) in [4.78, 5) is 6.04. The minimum atomic E-state index is 1.39. The minimum Gasteiger partial charge on any atom is -0.320 e. The van der Waals surface area contributed by atoms with Crippen LogP contribution in [0.3, 0.4) is 0 Å². The number of rotatable bonds is 1. The van der Waals surface area contributed by atoms with Gasteiger partial charge in [0.05, 0.1) is 0 Å². The molecule has 0 aliphatic heterocycles. The van der Waals surface area contributed by atoms with Crippen molar-refractivity contribution in [3.63, 3.8) is 0 Å². The number of hydrogen-bond donors (Lipinski definition) is 1. The number of nitrogens with zero attached hydrogens (tertiary/aromatic N) is 2. The van der Waals surface area contributed by atoms with Crippen molar-refractivity contribution in [2.75, 3.05) is 7.11 Å². The smallest absolute Gasteiger partial charge is 0.210 e. The number of aromatic amines is 1. The van der Waals surface area contributed by atoms with Crippen molar-refractivity contribution < 1.29 is 9.68 Å². The van der Waals surface area contributed by atoms with E-state index in [9.17, 15) is 0 Å². The van der Waals surface area contributed by atoms with E-state index in [4.69, 9.17) is 0 Å². The Morgan fingerprint density at radius 2 is 2.71 bits per heavy atom. The molecule has 0 atom stereocenters. The third kappa shape index (κ3) is 0.677. The van der Waals surface area contributed by atoms with Crippen LogP contribution in [0.2, 0.25) is 0 Å². The third-order valence-electron chi connectivity index (χ3n) is 0.630. The molecule has 1 heterocycles. The van der Waals surface area contributed by atoms with Gasteiger partial charge in [0.25, 0.3) is 0 Å². The largest absolute Gasteiger partial charge is 0.320 e. The van der Waals surface area contributed by atoms with Crippen molar-refractivity contribution >= 4 is 0 Å². The van der Waals surface area contributed by atoms with Gasteiger partial charge in [0.2, 0.25) is 12.4 Å². The molecule has 0 saturated carbocycles. The second kappa shape index (κ2) is 1.59. The topological polar surface area (TPSA) is 41.8 Å². The van der Waals surface area contributed by atoms with Gasteiger partial charge in [0.15, 0.2) is 0 Å². The van der Waals surface area contributed by atoms with Crippen molar-refractivity contribution in [1.29, 1.82) is 0 Å². The van der Waals surface area contributed by atoms with Crippen LogP contribution in [0.15, 0.2) is 12.4 Å². The molecule has 1 aromatic heterocycles. The van der Waals surface area contributed by atoms with Crippen LogP contribution < -0.4 is 9.68 Å². The Balaban J connectivity index is 2.76. The van der Waals surface area contributed by atoms with Gasteiger partial charge in [-0.15, -0.1) is 0 Å². The van der Waals surface area contributed by atoms with Crippen LogP contribution >= 0.6 is 0 Å². The Bertz CT molecular complexity index is 125. The first-order valence-electron chi connectivity index (χ1n) is 1.89. The molecule has 7 heavy (non-hydrogen) atoms. The fourth-order valence-corrected chi connectivity index (χ4v) is 0.319. The molecule has 0 amide bonds. The molecule has 0 spiro atoms. The van der Waals surface area contributed by atoms with Gasteiger partial charge in [-0.25, -0.2) is 0 Å². The highest BCUT2D eigenvalue weighted by Crippen LogP contribution is 1.54. The summed E-state index contributed by atoms with van der Waals surface area (Å²) in [6.45, 7) is 0. The quantitative estimate of drug-likeness (QED) is 0.448. The minimum absolute atomic E-state index is 1.39. The Hall–Kier alpha value is -1.06. The van der Waals surface area contributed by atoms with Crippen LogP contribution in [0.1, 0.15) is 0 Å². The lowest BCUT2D eigenvalue weighted by Crippen LogP contribution is -2.41. The van der Waals surface area contributed by atoms with Crippen LogP contribution in [0, 0.1) is 0 Å². The highest BCUT2D eigenvalue weighted by molar-refractivity contribution is 4.46. The summed E-state index contributed by atoms with van der Waals surface area (Å²) in [5, 5.41) is 6.14. The second-order valence-electron chi connectivity index (χ2n) is 1.04. The van der Waals surface area contributed by atoms with Crippen LogP contribution in [0.25, 0.3) is 0 Å². The molecule has 0 aliphatic rings. The van der Waals surface area contributed by atoms with Crippen molar-refractivity contribution in [2.24, 2.45) is 0 Å². The molecule has 0 bridgehead atoms. The number of nitrogens with one attached hydrogen (secondary N) is 1. The van der Waals surface area contributed by atoms with Crippen molar-refractivity contribution in [1.82, 2.24) is 10.3 Å². The predicted octanol–water partition coefficient (Wildman–Crippen LogP) is -1.24. The number of aromatic nitrogens is 3. The molecule has 0 unspecified atom stereocenters. The first kappa shape index (κ1) is 4.11. The maximum atomic E-state index is 4.65. The van der Waals surface area contributed by atoms with Crippen molar-refractivity contribution in [3.8, 4) is 0 Å². The Morgan fingerprint density at radius 3 is 3.00 bits per heavy atom. The highest BCUT2D eigenvalue weighted by atomic mass is 16.7. The molecule has 1 N–H and O–H groups in total. The molecule has 0 fully saturated rings. The average Bonchev–Trinajstić information content (AvgIpc) is 2.14. The summed E-state index contributed by atoms with van der Waals surface area (Å²) < 4.78 is 0. The van der Waals surface area contributed by atoms with E-state index in [0.29, 0.717) is 0 Å². The molecule has 0 saturated heterocycles. The molecule has 0 aliphatic carbocycles. The van der Waals surface area contributed by atoms with E-state index in [1.165, 1.54) is 4.85 Å². The van der Waals surface area contributed by atoms with Gasteiger partial charge < -0.3 is 4.84 Å². The molecule has 1 rings (SSSR count). The molecular weight excluding hydrogens is 94.1 g/mol. The van der Waals surface area contributed by atoms with Crippen LogP contribution in [-0.2, 0) is 0 Å². The zero-order chi connectivity index (χ0) is 5.11. The highest BCUT2D eigenvalue weighted by Gasteiger charge is 1.89. The summed E-state index contributed by atoms with van der Waals surface area (Å²) in [5.74, 6) is 0. The normalized spacial score (nSPS) is 8.71. The van der Waals surface area contributed by atoms with Gasteiger partial charge in [-0.2, -0.15) is 0 Å². The lowest BCUT2D eigenvalue weighted by atomic mass is 11.0. The van der Waals surface area contributed by atoms with E-state index >= 15 is 0 Å². The van der Waals surface area contributed by atoms with Gasteiger partial charge in [0, 0.05) is 9.94 Å². The maximum absolute atomic E-state index is 4.65. The van der Waals surface area contributed by atoms with Gasteiger partial charge in [-0.05, 0) is 5.21 Å². The Labute approximate surface area is 40.7 Å². The van der Waals surface area contributed by atoms with Gasteiger partial charge in [-0.1, -0.05) is 0 Å². The molecule has 0 radical (unpaired) electrons. The second-order valence-corrected chi connectivity index (χ2v) is 1.04. The third-order valence-corrected chi connectivity index (χ3v) is 0.630. The Morgan fingerprint density at radius 1 is 1.86 bits per heavy atom. The van der Waals surface area contributed by atoms with E-state index in [2.05, 4.69) is 15.1 Å². The summed E-state index contributed by atoms with van der Waals surface area (Å²) in [7, 11) is 1.55. The summed E-state index contributed by atoms with van der Waals surface area (Å²) in [6.07, 6.45) is 3.27. The molecule has 38 valence electrons. The molecule has 4 heteroatoms. The molecule has 4 nitrogen and oxygen atoms in total. The van der Waals surface area contributed by atoms with E-state index in [0.717, 1.165) is 0 Å². The van der Waals surface area contributed by atoms with E-state index in [1.807, 2.05) is 0 Å². The summed E-state index contributed by atoms with van der Waals surface area (Å²) in [5.41, 5.74) is 0. The van der Waals surface area contributed by atoms with Crippen molar-refractivity contribution in [3.05, 3.63) is 12.4 Å². The van der Waals surface area contributed by atoms with E-state index in [-0.39, 0.29) is 0 Å². The molecular formula is C3H6N3O+. The maximum Gasteiger partial charge on any atom is 0.210 e. The van der Waals surface area contributed by atoms with Crippen molar-refractivity contribution in [2.45, 2.75) is 0 Å². The first-order chi connectivity index (χ1) is 3.43. The number of H-pyrrole nitrogens is 1. The van der Waals surface area contributed by atoms with E-state index < -0.39 is 0 Å². The van der Waals surface area contributed by atoms with Crippen LogP contribution in [0.4, 0.5) is 0 Å². The lowest BCUT2D eigenvalue weighted by molar-refractivity contribution is -0.929. The standard InChI is InChI=1S/C3H5N3O/c1-7-6-3-2-4-5-6/h2-3H,1H3/p+1. The fourth-order valence-electron chi connectivity index (χ4n) is 0.319. The summed E-state index contributed by atoms with van der Waals surface area (Å²) >= 11 is 0. The zero-order valence-corrected chi connectivity index (χ0v) is 3.96. The monoisotopic (exact) mass is 100 g/mol.